The molecule has 0 bridgehead atoms. The molecule has 2 aromatic rings. The minimum absolute atomic E-state index is 0.0835. The van der Waals surface area contributed by atoms with E-state index < -0.39 is 23.4 Å². The summed E-state index contributed by atoms with van der Waals surface area (Å²) in [5.41, 5.74) is 1.13. The lowest BCUT2D eigenvalue weighted by atomic mass is 9.79. The number of ether oxygens (including phenoxy) is 2. The van der Waals surface area contributed by atoms with Crippen molar-refractivity contribution in [1.82, 2.24) is 5.32 Å². The lowest BCUT2D eigenvalue weighted by molar-refractivity contribution is -0.137. The van der Waals surface area contributed by atoms with E-state index in [0.29, 0.717) is 23.4 Å². The summed E-state index contributed by atoms with van der Waals surface area (Å²) in [6, 6.07) is 11.4. The third kappa shape index (κ3) is 4.60. The van der Waals surface area contributed by atoms with Crippen molar-refractivity contribution in [2.24, 2.45) is 0 Å². The van der Waals surface area contributed by atoms with Gasteiger partial charge >= 0.3 is 17.8 Å². The number of rotatable bonds is 5. The summed E-state index contributed by atoms with van der Waals surface area (Å²) in [6.45, 7) is -0.0835. The highest BCUT2D eigenvalue weighted by atomic mass is 16.5. The van der Waals surface area contributed by atoms with Gasteiger partial charge in [-0.3, -0.25) is 9.59 Å². The number of amides is 2. The first-order valence-corrected chi connectivity index (χ1v) is 9.53. The lowest BCUT2D eigenvalue weighted by Crippen LogP contribution is -2.46. The van der Waals surface area contributed by atoms with Crippen molar-refractivity contribution in [2.75, 3.05) is 26.1 Å². The second-order valence-electron chi connectivity index (χ2n) is 7.11. The average Bonchev–Trinajstić information content (AvgIpc) is 2.77. The first kappa shape index (κ1) is 21.3. The lowest BCUT2D eigenvalue weighted by Gasteiger charge is -2.34. The Hall–Kier alpha value is -3.39. The summed E-state index contributed by atoms with van der Waals surface area (Å²) < 4.78 is 9.84. The van der Waals surface area contributed by atoms with Crippen LogP contribution in [0.5, 0.6) is 5.75 Å². The number of esters is 1. The maximum absolute atomic E-state index is 12.2. The number of fused-ring (bicyclic) bond motifs is 1. The zero-order valence-electron chi connectivity index (χ0n) is 16.9. The van der Waals surface area contributed by atoms with Crippen LogP contribution >= 0.6 is 0 Å². The fourth-order valence-corrected chi connectivity index (χ4v) is 3.55. The highest BCUT2D eigenvalue weighted by molar-refractivity contribution is 6.39. The summed E-state index contributed by atoms with van der Waals surface area (Å²) in [6.07, 6.45) is 2.04. The van der Waals surface area contributed by atoms with Crippen molar-refractivity contribution in [3.05, 3.63) is 59.2 Å². The molecular formula is C22H24N2O6. The Morgan fingerprint density at radius 2 is 1.80 bits per heavy atom. The molecule has 0 saturated carbocycles. The van der Waals surface area contributed by atoms with Crippen LogP contribution in [0.3, 0.4) is 0 Å². The Bertz CT molecular complexity index is 957. The first-order valence-electron chi connectivity index (χ1n) is 9.53. The molecule has 0 aliphatic heterocycles. The van der Waals surface area contributed by atoms with Crippen molar-refractivity contribution in [2.45, 2.75) is 24.9 Å². The second-order valence-corrected chi connectivity index (χ2v) is 7.11. The Morgan fingerprint density at radius 1 is 1.07 bits per heavy atom. The van der Waals surface area contributed by atoms with E-state index >= 15 is 0 Å². The largest absolute Gasteiger partial charge is 0.497 e. The zero-order chi connectivity index (χ0) is 21.7. The molecule has 0 spiro atoms. The molecule has 3 rings (SSSR count). The molecular weight excluding hydrogens is 388 g/mol. The molecule has 1 aliphatic rings. The molecule has 8 heteroatoms. The minimum atomic E-state index is -1.25. The fraction of sp³-hybridized carbons (Fsp3) is 0.318. The van der Waals surface area contributed by atoms with Crippen molar-refractivity contribution < 1.29 is 29.0 Å². The smallest absolute Gasteiger partial charge is 0.337 e. The molecule has 0 aromatic heterocycles. The molecule has 2 aromatic carbocycles. The highest BCUT2D eigenvalue weighted by Crippen LogP contribution is 2.36. The molecule has 158 valence electrons. The van der Waals surface area contributed by atoms with Crippen molar-refractivity contribution in [1.29, 1.82) is 0 Å². The van der Waals surface area contributed by atoms with Gasteiger partial charge in [0.15, 0.2) is 0 Å². The summed E-state index contributed by atoms with van der Waals surface area (Å²) in [5, 5.41) is 16.1. The monoisotopic (exact) mass is 412 g/mol. The van der Waals surface area contributed by atoms with Crippen LogP contribution in [0, 0.1) is 0 Å². The molecule has 30 heavy (non-hydrogen) atoms. The van der Waals surface area contributed by atoms with Crippen LogP contribution in [-0.4, -0.2) is 43.7 Å². The molecule has 0 radical (unpaired) electrons. The van der Waals surface area contributed by atoms with Crippen LogP contribution in [0.1, 0.15) is 34.3 Å². The molecule has 0 saturated heterocycles. The van der Waals surface area contributed by atoms with Gasteiger partial charge in [-0.25, -0.2) is 4.79 Å². The second kappa shape index (κ2) is 8.96. The number of carbonyl (C=O) groups excluding carboxylic acids is 3. The number of hydrogen-bond acceptors (Lipinski definition) is 6. The predicted octanol–water partition coefficient (Wildman–Crippen LogP) is 1.76. The van der Waals surface area contributed by atoms with E-state index in [1.165, 1.54) is 31.4 Å². The highest BCUT2D eigenvalue weighted by Gasteiger charge is 2.35. The van der Waals surface area contributed by atoms with Gasteiger partial charge in [-0.05, 0) is 66.8 Å². The number of methoxy groups -OCH3 is 2. The quantitative estimate of drug-likeness (QED) is 0.509. The molecule has 1 unspecified atom stereocenters. The number of hydrogen-bond donors (Lipinski definition) is 3. The van der Waals surface area contributed by atoms with E-state index in [0.717, 1.165) is 24.0 Å². The van der Waals surface area contributed by atoms with Crippen LogP contribution in [0.15, 0.2) is 42.5 Å². The molecule has 0 fully saturated rings. The Kier molecular flexibility index (Phi) is 6.37. The predicted molar refractivity (Wildman–Crippen MR) is 109 cm³/mol. The SMILES string of the molecule is COC(=O)c1ccc(NC(=O)C(=O)NCC2(O)CCCc3cc(OC)ccc32)cc1. The van der Waals surface area contributed by atoms with Crippen molar-refractivity contribution in [3.8, 4) is 5.75 Å². The van der Waals surface area contributed by atoms with Crippen LogP contribution in [0.4, 0.5) is 5.69 Å². The van der Waals surface area contributed by atoms with E-state index in [9.17, 15) is 19.5 Å². The number of aliphatic hydroxyl groups is 1. The number of nitrogens with one attached hydrogen (secondary N) is 2. The van der Waals surface area contributed by atoms with Crippen molar-refractivity contribution >= 4 is 23.5 Å². The molecule has 3 N–H and O–H groups in total. The first-order chi connectivity index (χ1) is 14.4. The van der Waals surface area contributed by atoms with Gasteiger partial charge in [-0.2, -0.15) is 0 Å². The zero-order valence-corrected chi connectivity index (χ0v) is 16.9. The average molecular weight is 412 g/mol. The standard InChI is InChI=1S/C22H24N2O6/c1-29-17-9-10-18-15(12-17)4-3-11-22(18,28)13-23-19(25)20(26)24-16-7-5-14(6-8-16)21(27)30-2/h5-10,12,28H,3-4,11,13H2,1-2H3,(H,23,25)(H,24,26). The van der Waals surface area contributed by atoms with Crippen LogP contribution < -0.4 is 15.4 Å². The third-order valence-corrected chi connectivity index (χ3v) is 5.16. The van der Waals surface area contributed by atoms with E-state index in [1.54, 1.807) is 19.2 Å². The Morgan fingerprint density at radius 3 is 2.47 bits per heavy atom. The molecule has 1 atom stereocenters. The van der Waals surface area contributed by atoms with Crippen LogP contribution in [-0.2, 0) is 26.3 Å². The summed E-state index contributed by atoms with van der Waals surface area (Å²) >= 11 is 0. The fourth-order valence-electron chi connectivity index (χ4n) is 3.55. The van der Waals surface area contributed by atoms with Gasteiger partial charge < -0.3 is 25.2 Å². The van der Waals surface area contributed by atoms with Gasteiger partial charge in [-0.1, -0.05) is 6.07 Å². The van der Waals surface area contributed by atoms with Gasteiger partial charge in [0.2, 0.25) is 0 Å². The summed E-state index contributed by atoms with van der Waals surface area (Å²) in [4.78, 5) is 35.9. The molecule has 8 nitrogen and oxygen atoms in total. The number of carbonyl (C=O) groups is 3. The normalized spacial score (nSPS) is 17.4. The maximum atomic E-state index is 12.2. The van der Waals surface area contributed by atoms with Gasteiger partial charge in [0.1, 0.15) is 11.4 Å². The molecule has 0 heterocycles. The van der Waals surface area contributed by atoms with Gasteiger partial charge in [0, 0.05) is 5.69 Å². The van der Waals surface area contributed by atoms with Gasteiger partial charge in [-0.15, -0.1) is 0 Å². The van der Waals surface area contributed by atoms with Crippen molar-refractivity contribution in [3.63, 3.8) is 0 Å². The number of aryl methyl sites for hydroxylation is 1. The van der Waals surface area contributed by atoms with Crippen LogP contribution in [0.2, 0.25) is 0 Å². The molecule has 2 amide bonds. The Balaban J connectivity index is 1.61. The van der Waals surface area contributed by atoms with Crippen LogP contribution in [0.25, 0.3) is 0 Å². The summed E-state index contributed by atoms with van der Waals surface area (Å²) in [7, 11) is 2.86. The third-order valence-electron chi connectivity index (χ3n) is 5.16. The van der Waals surface area contributed by atoms with E-state index in [2.05, 4.69) is 15.4 Å². The number of benzene rings is 2. The molecule has 1 aliphatic carbocycles. The van der Waals surface area contributed by atoms with E-state index in [-0.39, 0.29) is 6.54 Å². The minimum Gasteiger partial charge on any atom is -0.497 e. The van der Waals surface area contributed by atoms with E-state index in [1.807, 2.05) is 6.07 Å². The maximum Gasteiger partial charge on any atom is 0.337 e. The number of anilines is 1. The summed E-state index contributed by atoms with van der Waals surface area (Å²) in [5.74, 6) is -1.51. The van der Waals surface area contributed by atoms with Gasteiger partial charge in [0.25, 0.3) is 0 Å². The van der Waals surface area contributed by atoms with Gasteiger partial charge in [0.05, 0.1) is 26.3 Å². The topological polar surface area (TPSA) is 114 Å². The Labute approximate surface area is 174 Å². The van der Waals surface area contributed by atoms with E-state index in [4.69, 9.17) is 4.74 Å².